The van der Waals surface area contributed by atoms with Crippen molar-refractivity contribution in [3.05, 3.63) is 76.0 Å². The maximum absolute atomic E-state index is 12.4. The molecule has 3 aromatic rings. The molecule has 3 nitrogen and oxygen atoms in total. The number of carbonyl (C=O) groups excluding carboxylic acids is 1. The van der Waals surface area contributed by atoms with E-state index in [4.69, 9.17) is 4.74 Å². The van der Waals surface area contributed by atoms with Crippen molar-refractivity contribution in [2.75, 3.05) is 5.32 Å². The highest BCUT2D eigenvalue weighted by atomic mass is 32.1. The van der Waals surface area contributed by atoms with Crippen LogP contribution in [0.25, 0.3) is 0 Å². The Balaban J connectivity index is 1.82. The minimum atomic E-state index is -0.113. The third kappa shape index (κ3) is 3.60. The molecule has 0 bridgehead atoms. The van der Waals surface area contributed by atoms with Gasteiger partial charge in [-0.05, 0) is 55.1 Å². The zero-order chi connectivity index (χ0) is 16.2. The Morgan fingerprint density at radius 2 is 1.74 bits per heavy atom. The Labute approximate surface area is 139 Å². The van der Waals surface area contributed by atoms with E-state index in [9.17, 15) is 4.79 Å². The summed E-state index contributed by atoms with van der Waals surface area (Å²) in [5, 5.41) is 4.85. The molecule has 0 aliphatic carbocycles. The lowest BCUT2D eigenvalue weighted by Gasteiger charge is -2.12. The zero-order valence-corrected chi connectivity index (χ0v) is 13.8. The minimum absolute atomic E-state index is 0.113. The minimum Gasteiger partial charge on any atom is -0.455 e. The van der Waals surface area contributed by atoms with Crippen LogP contribution in [-0.4, -0.2) is 5.91 Å². The Hall–Kier alpha value is -2.59. The molecule has 0 fully saturated rings. The predicted molar refractivity (Wildman–Crippen MR) is 94.7 cm³/mol. The lowest BCUT2D eigenvalue weighted by atomic mass is 10.2. The third-order valence-electron chi connectivity index (χ3n) is 3.45. The number of rotatable bonds is 4. The fourth-order valence-electron chi connectivity index (χ4n) is 2.18. The SMILES string of the molecule is Cc1ccc(Oc2ccccc2NC(=O)c2sccc2C)cc1. The number of hydrogen-bond acceptors (Lipinski definition) is 3. The van der Waals surface area contributed by atoms with E-state index in [1.165, 1.54) is 16.9 Å². The molecule has 0 saturated carbocycles. The van der Waals surface area contributed by atoms with Gasteiger partial charge in [-0.2, -0.15) is 0 Å². The average Bonchev–Trinajstić information content (AvgIpc) is 2.97. The standard InChI is InChI=1S/C19H17NO2S/c1-13-7-9-15(10-8-13)22-17-6-4-3-5-16(17)20-19(21)18-14(2)11-12-23-18/h3-12H,1-2H3,(H,20,21). The first-order valence-corrected chi connectivity index (χ1v) is 8.20. The Kier molecular flexibility index (Phi) is 4.44. The van der Waals surface area contributed by atoms with E-state index < -0.39 is 0 Å². The number of benzene rings is 2. The van der Waals surface area contributed by atoms with E-state index in [1.807, 2.05) is 73.8 Å². The molecule has 23 heavy (non-hydrogen) atoms. The van der Waals surface area contributed by atoms with Gasteiger partial charge in [-0.3, -0.25) is 4.79 Å². The van der Waals surface area contributed by atoms with E-state index in [2.05, 4.69) is 5.32 Å². The summed E-state index contributed by atoms with van der Waals surface area (Å²) >= 11 is 1.44. The van der Waals surface area contributed by atoms with Crippen LogP contribution in [-0.2, 0) is 0 Å². The molecule has 0 aliphatic heterocycles. The molecule has 4 heteroatoms. The van der Waals surface area contributed by atoms with Crippen LogP contribution < -0.4 is 10.1 Å². The number of amides is 1. The molecular formula is C19H17NO2S. The molecule has 0 atom stereocenters. The van der Waals surface area contributed by atoms with Crippen molar-refractivity contribution in [2.24, 2.45) is 0 Å². The van der Waals surface area contributed by atoms with Crippen molar-refractivity contribution >= 4 is 22.9 Å². The summed E-state index contributed by atoms with van der Waals surface area (Å²) in [7, 11) is 0. The predicted octanol–water partition coefficient (Wildman–Crippen LogP) is 5.41. The summed E-state index contributed by atoms with van der Waals surface area (Å²) in [5.74, 6) is 1.25. The first-order chi connectivity index (χ1) is 11.1. The van der Waals surface area contributed by atoms with Gasteiger partial charge in [0.25, 0.3) is 5.91 Å². The van der Waals surface area contributed by atoms with Crippen LogP contribution in [0.15, 0.2) is 60.0 Å². The first-order valence-electron chi connectivity index (χ1n) is 7.32. The van der Waals surface area contributed by atoms with Crippen LogP contribution in [0.3, 0.4) is 0 Å². The van der Waals surface area contributed by atoms with Gasteiger partial charge in [-0.15, -0.1) is 11.3 Å². The molecule has 0 radical (unpaired) electrons. The summed E-state index contributed by atoms with van der Waals surface area (Å²) in [5.41, 5.74) is 2.81. The second kappa shape index (κ2) is 6.67. The molecular weight excluding hydrogens is 306 g/mol. The molecule has 116 valence electrons. The van der Waals surface area contributed by atoms with Gasteiger partial charge in [0.15, 0.2) is 5.75 Å². The fourth-order valence-corrected chi connectivity index (χ4v) is 3.00. The summed E-state index contributed by atoms with van der Waals surface area (Å²) < 4.78 is 5.90. The normalized spacial score (nSPS) is 10.3. The smallest absolute Gasteiger partial charge is 0.266 e. The second-order valence-electron chi connectivity index (χ2n) is 5.30. The van der Waals surface area contributed by atoms with Crippen LogP contribution in [0, 0.1) is 13.8 Å². The molecule has 0 saturated heterocycles. The van der Waals surface area contributed by atoms with Gasteiger partial charge in [-0.25, -0.2) is 0 Å². The van der Waals surface area contributed by atoms with Gasteiger partial charge in [0.2, 0.25) is 0 Å². The van der Waals surface area contributed by atoms with E-state index in [1.54, 1.807) is 0 Å². The van der Waals surface area contributed by atoms with Gasteiger partial charge in [0.05, 0.1) is 10.6 Å². The number of hydrogen-bond donors (Lipinski definition) is 1. The fraction of sp³-hybridized carbons (Fsp3) is 0.105. The van der Waals surface area contributed by atoms with Crippen molar-refractivity contribution in [3.63, 3.8) is 0 Å². The quantitative estimate of drug-likeness (QED) is 0.697. The number of carbonyl (C=O) groups is 1. The highest BCUT2D eigenvalue weighted by Gasteiger charge is 2.13. The molecule has 3 rings (SSSR count). The van der Waals surface area contributed by atoms with Crippen LogP contribution in [0.2, 0.25) is 0 Å². The maximum Gasteiger partial charge on any atom is 0.266 e. The Bertz CT molecular complexity index is 821. The molecule has 0 aliphatic rings. The van der Waals surface area contributed by atoms with Crippen LogP contribution in [0.1, 0.15) is 20.8 Å². The van der Waals surface area contributed by atoms with Crippen LogP contribution in [0.5, 0.6) is 11.5 Å². The number of ether oxygens (including phenoxy) is 1. The number of anilines is 1. The number of thiophene rings is 1. The Morgan fingerprint density at radius 1 is 1.00 bits per heavy atom. The number of nitrogens with one attached hydrogen (secondary N) is 1. The van der Waals surface area contributed by atoms with Gasteiger partial charge < -0.3 is 10.1 Å². The van der Waals surface area contributed by atoms with Crippen molar-refractivity contribution in [1.82, 2.24) is 0 Å². The van der Waals surface area contributed by atoms with Gasteiger partial charge >= 0.3 is 0 Å². The maximum atomic E-state index is 12.4. The molecule has 1 amide bonds. The monoisotopic (exact) mass is 323 g/mol. The lowest BCUT2D eigenvalue weighted by molar-refractivity contribution is 0.102. The summed E-state index contributed by atoms with van der Waals surface area (Å²) in [6.45, 7) is 3.96. The van der Waals surface area contributed by atoms with E-state index in [0.717, 1.165) is 16.2 Å². The number of aryl methyl sites for hydroxylation is 2. The molecule has 0 spiro atoms. The van der Waals surface area contributed by atoms with Gasteiger partial charge in [0, 0.05) is 0 Å². The van der Waals surface area contributed by atoms with Crippen molar-refractivity contribution < 1.29 is 9.53 Å². The number of para-hydroxylation sites is 2. The molecule has 1 aromatic heterocycles. The highest BCUT2D eigenvalue weighted by molar-refractivity contribution is 7.12. The van der Waals surface area contributed by atoms with Crippen LogP contribution in [0.4, 0.5) is 5.69 Å². The summed E-state index contributed by atoms with van der Waals surface area (Å²) in [6, 6.07) is 17.2. The molecule has 1 N–H and O–H groups in total. The van der Waals surface area contributed by atoms with E-state index in [-0.39, 0.29) is 5.91 Å². The largest absolute Gasteiger partial charge is 0.455 e. The second-order valence-corrected chi connectivity index (χ2v) is 6.21. The molecule has 0 unspecified atom stereocenters. The van der Waals surface area contributed by atoms with E-state index in [0.29, 0.717) is 11.4 Å². The topological polar surface area (TPSA) is 38.3 Å². The van der Waals surface area contributed by atoms with E-state index >= 15 is 0 Å². The van der Waals surface area contributed by atoms with Crippen LogP contribution >= 0.6 is 11.3 Å². The Morgan fingerprint density at radius 3 is 2.43 bits per heavy atom. The lowest BCUT2D eigenvalue weighted by Crippen LogP contribution is -2.12. The van der Waals surface area contributed by atoms with Gasteiger partial charge in [0.1, 0.15) is 5.75 Å². The zero-order valence-electron chi connectivity index (χ0n) is 13.0. The average molecular weight is 323 g/mol. The summed E-state index contributed by atoms with van der Waals surface area (Å²) in [4.78, 5) is 13.1. The van der Waals surface area contributed by atoms with Gasteiger partial charge in [-0.1, -0.05) is 29.8 Å². The first kappa shape index (κ1) is 15.3. The molecule has 2 aromatic carbocycles. The van der Waals surface area contributed by atoms with Crippen molar-refractivity contribution in [1.29, 1.82) is 0 Å². The summed E-state index contributed by atoms with van der Waals surface area (Å²) in [6.07, 6.45) is 0. The highest BCUT2D eigenvalue weighted by Crippen LogP contribution is 2.30. The third-order valence-corrected chi connectivity index (χ3v) is 4.47. The molecule has 1 heterocycles. The van der Waals surface area contributed by atoms with Crippen molar-refractivity contribution in [2.45, 2.75) is 13.8 Å². The van der Waals surface area contributed by atoms with Crippen molar-refractivity contribution in [3.8, 4) is 11.5 Å².